The van der Waals surface area contributed by atoms with E-state index in [1.165, 1.54) is 6.07 Å². The molecule has 0 bridgehead atoms. The number of aliphatic hydroxyl groups is 1. The van der Waals surface area contributed by atoms with Crippen molar-refractivity contribution in [2.24, 2.45) is 5.84 Å². The average molecular weight is 545 g/mol. The van der Waals surface area contributed by atoms with Gasteiger partial charge in [-0.1, -0.05) is 0 Å². The van der Waals surface area contributed by atoms with E-state index in [9.17, 15) is 14.3 Å². The van der Waals surface area contributed by atoms with Gasteiger partial charge in [0.05, 0.1) is 0 Å². The summed E-state index contributed by atoms with van der Waals surface area (Å²) in [5.41, 5.74) is 3.81. The number of amides is 1. The fourth-order valence-electron chi connectivity index (χ4n) is 3.29. The summed E-state index contributed by atoms with van der Waals surface area (Å²) in [6, 6.07) is 8.41. The molecule has 0 aliphatic carbocycles. The minimum absolute atomic E-state index is 0.182. The van der Waals surface area contributed by atoms with Gasteiger partial charge in [-0.05, 0) is 0 Å². The SMILES string of the molecule is CCI(C)c1cc(N(Cc2ccc(C(=O)NN)nc2)C(O)N2CCOCC2)ccc1F. The van der Waals surface area contributed by atoms with Crippen molar-refractivity contribution in [1.82, 2.24) is 15.3 Å². The molecule has 0 saturated carbocycles. The fraction of sp³-hybridized carbons (Fsp3) is 0.429. The molecule has 2 heterocycles. The standard InChI is InChI=1S/C21H29FIN5O3/c1-3-23(2)18-12-16(5-6-17(18)22)28(21(30)27-8-10-31-11-9-27)14-15-4-7-19(25-13-15)20(29)26-24/h4-7,12-13,21,30H,3,8-11,14,24H2,1-2H3,(H,26,29). The van der Waals surface area contributed by atoms with Crippen LogP contribution in [-0.2, 0) is 11.3 Å². The molecule has 1 saturated heterocycles. The Morgan fingerprint density at radius 3 is 2.74 bits per heavy atom. The Bertz CT molecular complexity index is 880. The number of ether oxygens (including phenoxy) is 1. The molecule has 1 aliphatic heterocycles. The summed E-state index contributed by atoms with van der Waals surface area (Å²) in [4.78, 5) is 21.7. The zero-order chi connectivity index (χ0) is 22.4. The van der Waals surface area contributed by atoms with Gasteiger partial charge in [0.15, 0.2) is 0 Å². The second kappa shape index (κ2) is 11.1. The van der Waals surface area contributed by atoms with E-state index < -0.39 is 32.1 Å². The Hall–Kier alpha value is -1.86. The van der Waals surface area contributed by atoms with Gasteiger partial charge in [-0.2, -0.15) is 0 Å². The van der Waals surface area contributed by atoms with Crippen molar-refractivity contribution in [3.8, 4) is 0 Å². The topological polar surface area (TPSA) is 104 Å². The molecular formula is C21H29FIN5O3. The van der Waals surface area contributed by atoms with Gasteiger partial charge >= 0.3 is 189 Å². The first-order chi connectivity index (χ1) is 14.9. The number of hydrogen-bond acceptors (Lipinski definition) is 7. The predicted molar refractivity (Wildman–Crippen MR) is 126 cm³/mol. The fourth-order valence-corrected chi connectivity index (χ4v) is 6.02. The van der Waals surface area contributed by atoms with Gasteiger partial charge in [0.2, 0.25) is 0 Å². The van der Waals surface area contributed by atoms with Crippen molar-refractivity contribution in [3.63, 3.8) is 0 Å². The molecule has 10 heteroatoms. The molecule has 1 unspecified atom stereocenters. The van der Waals surface area contributed by atoms with E-state index >= 15 is 0 Å². The van der Waals surface area contributed by atoms with Crippen LogP contribution in [0.3, 0.4) is 0 Å². The third-order valence-corrected chi connectivity index (χ3v) is 10.3. The number of hydrazine groups is 1. The molecule has 1 aliphatic rings. The van der Waals surface area contributed by atoms with Crippen LogP contribution in [0, 0.1) is 9.39 Å². The Morgan fingerprint density at radius 1 is 1.39 bits per heavy atom. The quantitative estimate of drug-likeness (QED) is 0.116. The van der Waals surface area contributed by atoms with E-state index in [1.807, 2.05) is 15.9 Å². The first-order valence-corrected chi connectivity index (χ1v) is 14.8. The molecule has 2 aromatic rings. The number of halogens is 2. The van der Waals surface area contributed by atoms with Crippen molar-refractivity contribution in [3.05, 3.63) is 57.2 Å². The molecule has 1 aromatic heterocycles. The molecule has 1 aromatic carbocycles. The predicted octanol–water partition coefficient (Wildman–Crippen LogP) is 1.76. The molecule has 0 spiro atoms. The minimum atomic E-state index is -1.59. The van der Waals surface area contributed by atoms with Crippen LogP contribution in [0.1, 0.15) is 23.0 Å². The number of morpholine rings is 1. The number of rotatable bonds is 8. The van der Waals surface area contributed by atoms with Gasteiger partial charge in [0, 0.05) is 0 Å². The molecule has 8 nitrogen and oxygen atoms in total. The molecule has 170 valence electrons. The summed E-state index contributed by atoms with van der Waals surface area (Å²) in [5.74, 6) is 4.50. The number of carbonyl (C=O) groups excluding carboxylic acids is 1. The third kappa shape index (κ3) is 5.89. The van der Waals surface area contributed by atoms with Crippen LogP contribution in [0.15, 0.2) is 36.5 Å². The Labute approximate surface area is 188 Å². The zero-order valence-corrected chi connectivity index (χ0v) is 19.9. The maximum atomic E-state index is 14.5. The van der Waals surface area contributed by atoms with E-state index in [0.717, 1.165) is 19.2 Å². The molecule has 1 atom stereocenters. The van der Waals surface area contributed by atoms with Crippen LogP contribution in [0.25, 0.3) is 0 Å². The normalized spacial score (nSPS) is 16.0. The monoisotopic (exact) mass is 545 g/mol. The number of carbonyl (C=O) groups is 1. The third-order valence-electron chi connectivity index (χ3n) is 5.18. The molecule has 31 heavy (non-hydrogen) atoms. The van der Waals surface area contributed by atoms with Crippen molar-refractivity contribution in [1.29, 1.82) is 0 Å². The summed E-state index contributed by atoms with van der Waals surface area (Å²) in [5, 5.41) is 11.2. The zero-order valence-electron chi connectivity index (χ0n) is 17.7. The summed E-state index contributed by atoms with van der Waals surface area (Å²) in [6.45, 7) is 4.71. The van der Waals surface area contributed by atoms with Gasteiger partial charge in [0.1, 0.15) is 0 Å². The van der Waals surface area contributed by atoms with Crippen molar-refractivity contribution in [2.45, 2.75) is 19.8 Å². The van der Waals surface area contributed by atoms with Gasteiger partial charge in [-0.3, -0.25) is 0 Å². The number of aromatic nitrogens is 1. The number of aliphatic hydroxyl groups excluding tert-OH is 1. The second-order valence-corrected chi connectivity index (χ2v) is 13.2. The number of alkyl halides is 2. The van der Waals surface area contributed by atoms with E-state index in [2.05, 4.69) is 22.3 Å². The van der Waals surface area contributed by atoms with Crippen molar-refractivity contribution >= 4 is 31.4 Å². The molecular weight excluding hydrogens is 516 g/mol. The molecule has 1 fully saturated rings. The van der Waals surface area contributed by atoms with Crippen molar-refractivity contribution < 1.29 is 19.0 Å². The maximum absolute atomic E-state index is 14.5. The Morgan fingerprint density at radius 2 is 2.13 bits per heavy atom. The van der Waals surface area contributed by atoms with Crippen LogP contribution in [0.2, 0.25) is 0 Å². The number of nitrogens with two attached hydrogens (primary N) is 1. The first-order valence-electron chi connectivity index (χ1n) is 10.0. The number of nitrogens with one attached hydrogen (secondary N) is 1. The number of nitrogen functional groups attached to an aromatic ring is 1. The number of hydrogen-bond donors (Lipinski definition) is 3. The Balaban J connectivity index is 1.92. The second-order valence-electron chi connectivity index (χ2n) is 7.10. The Kier molecular flexibility index (Phi) is 8.55. The summed E-state index contributed by atoms with van der Waals surface area (Å²) < 4.78 is 21.6. The number of benzene rings is 1. The molecule has 4 N–H and O–H groups in total. The first kappa shape index (κ1) is 23.8. The van der Waals surface area contributed by atoms with E-state index in [1.54, 1.807) is 24.4 Å². The van der Waals surface area contributed by atoms with Gasteiger partial charge in [-0.15, -0.1) is 0 Å². The van der Waals surface area contributed by atoms with Gasteiger partial charge in [-0.25, -0.2) is 0 Å². The van der Waals surface area contributed by atoms with Crippen LogP contribution < -0.4 is 16.2 Å². The average Bonchev–Trinajstić information content (AvgIpc) is 2.82. The number of anilines is 1. The molecule has 3 rings (SSSR count). The summed E-state index contributed by atoms with van der Waals surface area (Å²) >= 11 is -1.59. The van der Waals surface area contributed by atoms with Crippen LogP contribution in [0.4, 0.5) is 10.1 Å². The summed E-state index contributed by atoms with van der Waals surface area (Å²) in [6.07, 6.45) is 0.674. The van der Waals surface area contributed by atoms with Gasteiger partial charge < -0.3 is 0 Å². The van der Waals surface area contributed by atoms with Crippen LogP contribution in [-0.4, -0.2) is 62.9 Å². The molecule has 0 radical (unpaired) electrons. The number of nitrogens with zero attached hydrogens (tertiary/aromatic N) is 3. The van der Waals surface area contributed by atoms with E-state index in [-0.39, 0.29) is 11.5 Å². The van der Waals surface area contributed by atoms with E-state index in [4.69, 9.17) is 10.6 Å². The number of pyridine rings is 1. The molecule has 1 amide bonds. The van der Waals surface area contributed by atoms with Crippen LogP contribution >= 0.6 is 19.8 Å². The van der Waals surface area contributed by atoms with Crippen molar-refractivity contribution in [2.75, 3.05) is 40.6 Å². The van der Waals surface area contributed by atoms with Gasteiger partial charge in [0.25, 0.3) is 0 Å². The summed E-state index contributed by atoms with van der Waals surface area (Å²) in [7, 11) is 0. The van der Waals surface area contributed by atoms with Crippen LogP contribution in [0.5, 0.6) is 0 Å². The van der Waals surface area contributed by atoms with E-state index in [0.29, 0.717) is 32.8 Å².